The molecule has 0 saturated carbocycles. The topological polar surface area (TPSA) is 62.2 Å². The number of benzene rings is 1. The lowest BCUT2D eigenvalue weighted by Crippen LogP contribution is -2.34. The van der Waals surface area contributed by atoms with Crippen LogP contribution in [-0.4, -0.2) is 52.9 Å². The van der Waals surface area contributed by atoms with Crippen molar-refractivity contribution in [2.75, 3.05) is 32.1 Å². The van der Waals surface area contributed by atoms with Gasteiger partial charge in [0.15, 0.2) is 5.13 Å². The van der Waals surface area contributed by atoms with Crippen molar-refractivity contribution in [2.45, 2.75) is 6.42 Å². The Kier molecular flexibility index (Phi) is 5.30. The molecule has 3 rings (SSSR count). The normalized spacial score (nSPS) is 11.2. The van der Waals surface area contributed by atoms with Crippen LogP contribution in [0.1, 0.15) is 16.9 Å². The van der Waals surface area contributed by atoms with Gasteiger partial charge in [0.25, 0.3) is 5.91 Å². The number of thiazole rings is 1. The van der Waals surface area contributed by atoms with E-state index in [0.29, 0.717) is 21.9 Å². The van der Waals surface area contributed by atoms with E-state index < -0.39 is 0 Å². The number of rotatable bonds is 6. The Morgan fingerprint density at radius 3 is 2.80 bits per heavy atom. The summed E-state index contributed by atoms with van der Waals surface area (Å²) in [5.74, 6) is -0.575. The fourth-order valence-electron chi connectivity index (χ4n) is 2.38. The van der Waals surface area contributed by atoms with E-state index in [1.54, 1.807) is 11.0 Å². The van der Waals surface area contributed by atoms with Gasteiger partial charge in [0.05, 0.1) is 16.4 Å². The average molecular weight is 359 g/mol. The number of carbonyl (C=O) groups is 1. The minimum atomic E-state index is -0.317. The van der Waals surface area contributed by atoms with Crippen LogP contribution in [0.4, 0.5) is 9.52 Å². The second-order valence-electron chi connectivity index (χ2n) is 5.81. The summed E-state index contributed by atoms with van der Waals surface area (Å²) in [6, 6.07) is 4.42. The molecule has 0 radical (unpaired) electrons. The van der Waals surface area contributed by atoms with Gasteiger partial charge in [-0.1, -0.05) is 11.3 Å². The summed E-state index contributed by atoms with van der Waals surface area (Å²) >= 11 is 1.29. The van der Waals surface area contributed by atoms with Crippen LogP contribution in [-0.2, 0) is 0 Å². The van der Waals surface area contributed by atoms with E-state index >= 15 is 0 Å². The van der Waals surface area contributed by atoms with Crippen LogP contribution in [0.3, 0.4) is 0 Å². The first-order valence-corrected chi connectivity index (χ1v) is 8.65. The van der Waals surface area contributed by atoms with Gasteiger partial charge >= 0.3 is 0 Å². The van der Waals surface area contributed by atoms with Gasteiger partial charge in [0.2, 0.25) is 0 Å². The van der Waals surface area contributed by atoms with Crippen molar-refractivity contribution >= 4 is 32.6 Å². The predicted molar refractivity (Wildman–Crippen MR) is 96.5 cm³/mol. The number of fused-ring (bicyclic) bond motifs is 1. The maximum atomic E-state index is 13.4. The molecule has 2 heterocycles. The molecule has 6 nitrogen and oxygen atoms in total. The van der Waals surface area contributed by atoms with E-state index in [2.05, 4.69) is 19.9 Å². The fraction of sp³-hybridized carbons (Fsp3) is 0.294. The number of carbonyl (C=O) groups excluding carboxylic acids is 1. The molecule has 0 N–H and O–H groups in total. The average Bonchev–Trinajstić information content (AvgIpc) is 3.01. The molecule has 0 bridgehead atoms. The number of aromatic nitrogens is 3. The van der Waals surface area contributed by atoms with Gasteiger partial charge in [-0.05, 0) is 45.3 Å². The number of hydrogen-bond donors (Lipinski definition) is 0. The van der Waals surface area contributed by atoms with Crippen molar-refractivity contribution in [3.05, 3.63) is 48.3 Å². The van der Waals surface area contributed by atoms with Crippen molar-refractivity contribution in [1.82, 2.24) is 19.9 Å². The van der Waals surface area contributed by atoms with Gasteiger partial charge in [0, 0.05) is 18.9 Å². The van der Waals surface area contributed by atoms with Crippen molar-refractivity contribution in [1.29, 1.82) is 0 Å². The van der Waals surface area contributed by atoms with E-state index in [1.807, 2.05) is 14.1 Å². The predicted octanol–water partition coefficient (Wildman–Crippen LogP) is 2.82. The summed E-state index contributed by atoms with van der Waals surface area (Å²) in [7, 11) is 3.96. The van der Waals surface area contributed by atoms with Gasteiger partial charge in [0.1, 0.15) is 11.5 Å². The highest BCUT2D eigenvalue weighted by Gasteiger charge is 2.22. The van der Waals surface area contributed by atoms with Gasteiger partial charge < -0.3 is 4.90 Å². The summed E-state index contributed by atoms with van der Waals surface area (Å²) in [5, 5.41) is 0.537. The third-order valence-corrected chi connectivity index (χ3v) is 4.63. The molecule has 2 aromatic heterocycles. The molecule has 0 atom stereocenters. The molecule has 0 aliphatic heterocycles. The molecule has 0 aliphatic rings. The first-order valence-electron chi connectivity index (χ1n) is 7.83. The first kappa shape index (κ1) is 17.4. The van der Waals surface area contributed by atoms with Gasteiger partial charge in [-0.2, -0.15) is 0 Å². The highest BCUT2D eigenvalue weighted by atomic mass is 32.1. The summed E-state index contributed by atoms with van der Waals surface area (Å²) in [6.07, 6.45) is 5.23. The van der Waals surface area contributed by atoms with Crippen molar-refractivity contribution in [3.63, 3.8) is 0 Å². The van der Waals surface area contributed by atoms with Gasteiger partial charge in [-0.3, -0.25) is 14.7 Å². The molecule has 130 valence electrons. The van der Waals surface area contributed by atoms with E-state index in [-0.39, 0.29) is 17.4 Å². The van der Waals surface area contributed by atoms with Crippen LogP contribution in [0.2, 0.25) is 0 Å². The Balaban J connectivity index is 1.92. The smallest absolute Gasteiger partial charge is 0.280 e. The Morgan fingerprint density at radius 1 is 1.24 bits per heavy atom. The number of amides is 1. The van der Waals surface area contributed by atoms with Crippen molar-refractivity contribution in [2.24, 2.45) is 0 Å². The zero-order chi connectivity index (χ0) is 17.8. The fourth-order valence-corrected chi connectivity index (χ4v) is 3.39. The largest absolute Gasteiger partial charge is 0.309 e. The van der Waals surface area contributed by atoms with E-state index in [1.165, 1.54) is 42.1 Å². The number of hydrogen-bond acceptors (Lipinski definition) is 6. The molecular formula is C17H18FN5OS. The lowest BCUT2D eigenvalue weighted by molar-refractivity contribution is 0.0981. The number of anilines is 1. The highest BCUT2D eigenvalue weighted by Crippen LogP contribution is 2.30. The highest BCUT2D eigenvalue weighted by molar-refractivity contribution is 7.22. The lowest BCUT2D eigenvalue weighted by atomic mass is 10.3. The zero-order valence-corrected chi connectivity index (χ0v) is 14.8. The molecule has 25 heavy (non-hydrogen) atoms. The molecule has 0 spiro atoms. The molecule has 8 heteroatoms. The van der Waals surface area contributed by atoms with Crippen LogP contribution in [0.15, 0.2) is 36.8 Å². The monoisotopic (exact) mass is 359 g/mol. The molecule has 3 aromatic rings. The lowest BCUT2D eigenvalue weighted by Gasteiger charge is -2.20. The van der Waals surface area contributed by atoms with Crippen molar-refractivity contribution in [3.8, 4) is 0 Å². The Morgan fingerprint density at radius 2 is 2.08 bits per heavy atom. The maximum absolute atomic E-state index is 13.4. The minimum Gasteiger partial charge on any atom is -0.309 e. The zero-order valence-electron chi connectivity index (χ0n) is 14.0. The van der Waals surface area contributed by atoms with Crippen LogP contribution in [0, 0.1) is 5.82 Å². The SMILES string of the molecule is CN(C)CCCN(C(=O)c1cnccn1)c1nc2ccc(F)cc2s1. The third kappa shape index (κ3) is 4.15. The van der Waals surface area contributed by atoms with E-state index in [9.17, 15) is 9.18 Å². The first-order chi connectivity index (χ1) is 12.0. The quantitative estimate of drug-likeness (QED) is 0.677. The molecule has 1 amide bonds. The molecule has 0 aliphatic carbocycles. The van der Waals surface area contributed by atoms with Gasteiger partial charge in [-0.15, -0.1) is 0 Å². The second-order valence-corrected chi connectivity index (χ2v) is 6.82. The van der Waals surface area contributed by atoms with Crippen LogP contribution < -0.4 is 4.90 Å². The molecule has 0 saturated heterocycles. The Bertz CT molecular complexity index is 868. The number of halogens is 1. The Labute approximate surface area is 149 Å². The van der Waals surface area contributed by atoms with E-state index in [0.717, 1.165) is 13.0 Å². The summed E-state index contributed by atoms with van der Waals surface area (Å²) in [5.41, 5.74) is 0.934. The van der Waals surface area contributed by atoms with Crippen LogP contribution in [0.25, 0.3) is 10.2 Å². The van der Waals surface area contributed by atoms with Crippen LogP contribution >= 0.6 is 11.3 Å². The van der Waals surface area contributed by atoms with Gasteiger partial charge in [-0.25, -0.2) is 14.4 Å². The Hall–Kier alpha value is -2.45. The molecule has 0 fully saturated rings. The molecular weight excluding hydrogens is 341 g/mol. The standard InChI is InChI=1S/C17H18FN5OS/c1-22(2)8-3-9-23(16(24)14-11-19-6-7-20-14)17-21-13-5-4-12(18)10-15(13)25-17/h4-7,10-11H,3,8-9H2,1-2H3. The number of nitrogens with zero attached hydrogens (tertiary/aromatic N) is 5. The van der Waals surface area contributed by atoms with Crippen molar-refractivity contribution < 1.29 is 9.18 Å². The molecule has 1 aromatic carbocycles. The third-order valence-electron chi connectivity index (χ3n) is 3.58. The van der Waals surface area contributed by atoms with E-state index in [4.69, 9.17) is 0 Å². The second kappa shape index (κ2) is 7.62. The summed E-state index contributed by atoms with van der Waals surface area (Å²) in [6.45, 7) is 1.33. The van der Waals surface area contributed by atoms with Crippen LogP contribution in [0.5, 0.6) is 0 Å². The minimum absolute atomic E-state index is 0.258. The summed E-state index contributed by atoms with van der Waals surface area (Å²) in [4.78, 5) is 29.1. The summed E-state index contributed by atoms with van der Waals surface area (Å²) < 4.78 is 14.1. The molecule has 0 unspecified atom stereocenters. The maximum Gasteiger partial charge on any atom is 0.280 e.